The first-order chi connectivity index (χ1) is 9.58. The minimum absolute atomic E-state index is 0.139. The van der Waals surface area contributed by atoms with Gasteiger partial charge in [-0.25, -0.2) is 4.98 Å². The molecule has 2 aromatic rings. The van der Waals surface area contributed by atoms with E-state index in [4.69, 9.17) is 9.47 Å². The van der Waals surface area contributed by atoms with Gasteiger partial charge in [0, 0.05) is 23.9 Å². The third-order valence-electron chi connectivity index (χ3n) is 3.52. The van der Waals surface area contributed by atoms with E-state index in [1.54, 1.807) is 14.2 Å². The summed E-state index contributed by atoms with van der Waals surface area (Å²) in [4.78, 5) is 4.45. The van der Waals surface area contributed by atoms with Crippen molar-refractivity contribution in [3.63, 3.8) is 0 Å². The van der Waals surface area contributed by atoms with Crippen molar-refractivity contribution in [1.82, 2.24) is 9.55 Å². The molecule has 0 aliphatic carbocycles. The molecule has 1 aromatic heterocycles. The summed E-state index contributed by atoms with van der Waals surface area (Å²) in [5.41, 5.74) is 1.09. The van der Waals surface area contributed by atoms with E-state index >= 15 is 0 Å². The molecule has 0 saturated heterocycles. The maximum Gasteiger partial charge on any atom is 0.124 e. The first kappa shape index (κ1) is 14.4. The number of ether oxygens (including phenoxy) is 2. The van der Waals surface area contributed by atoms with E-state index in [-0.39, 0.29) is 6.04 Å². The van der Waals surface area contributed by atoms with Crippen LogP contribution in [0.5, 0.6) is 11.5 Å². The zero-order valence-electron chi connectivity index (χ0n) is 12.8. The third-order valence-corrected chi connectivity index (χ3v) is 3.52. The number of methoxy groups -OCH3 is 2. The number of aromatic nitrogens is 2. The molecule has 1 unspecified atom stereocenters. The molecule has 0 fully saturated rings. The molecule has 4 nitrogen and oxygen atoms in total. The minimum atomic E-state index is 0.139. The summed E-state index contributed by atoms with van der Waals surface area (Å²) in [6, 6.07) is 6.01. The first-order valence-corrected chi connectivity index (χ1v) is 6.83. The Labute approximate surface area is 120 Å². The van der Waals surface area contributed by atoms with Crippen LogP contribution in [-0.4, -0.2) is 23.8 Å². The number of imidazole rings is 1. The quantitative estimate of drug-likeness (QED) is 0.835. The predicted molar refractivity (Wildman–Crippen MR) is 79.7 cm³/mol. The molecule has 0 aliphatic heterocycles. The summed E-state index contributed by atoms with van der Waals surface area (Å²) < 4.78 is 13.0. The minimum Gasteiger partial charge on any atom is -0.497 e. The van der Waals surface area contributed by atoms with Crippen LogP contribution in [0.25, 0.3) is 0 Å². The zero-order chi connectivity index (χ0) is 14.7. The van der Waals surface area contributed by atoms with Crippen LogP contribution in [0.3, 0.4) is 0 Å². The van der Waals surface area contributed by atoms with Crippen LogP contribution < -0.4 is 9.47 Å². The van der Waals surface area contributed by atoms with E-state index in [1.165, 1.54) is 0 Å². The van der Waals surface area contributed by atoms with Gasteiger partial charge in [0.05, 0.1) is 20.3 Å². The SMILES string of the molecule is COc1ccc(OC)c(C(C)n2ccnc2C(C)C)c1. The van der Waals surface area contributed by atoms with Crippen molar-refractivity contribution in [2.75, 3.05) is 14.2 Å². The Morgan fingerprint density at radius 1 is 1.10 bits per heavy atom. The van der Waals surface area contributed by atoms with Crippen molar-refractivity contribution >= 4 is 0 Å². The summed E-state index contributed by atoms with van der Waals surface area (Å²) in [6.07, 6.45) is 3.86. The Kier molecular flexibility index (Phi) is 4.32. The molecule has 2 rings (SSSR count). The standard InChI is InChI=1S/C16H22N2O2/c1-11(2)16-17-8-9-18(16)12(3)14-10-13(19-4)6-7-15(14)20-5/h6-12H,1-5H3. The van der Waals surface area contributed by atoms with Crippen LogP contribution in [0.15, 0.2) is 30.6 Å². The highest BCUT2D eigenvalue weighted by Gasteiger charge is 2.18. The third kappa shape index (κ3) is 2.64. The topological polar surface area (TPSA) is 36.3 Å². The molecule has 4 heteroatoms. The average molecular weight is 274 g/mol. The summed E-state index contributed by atoms with van der Waals surface area (Å²) in [5.74, 6) is 3.15. The fraction of sp³-hybridized carbons (Fsp3) is 0.438. The van der Waals surface area contributed by atoms with Crippen LogP contribution in [0, 0.1) is 0 Å². The van der Waals surface area contributed by atoms with Crippen LogP contribution >= 0.6 is 0 Å². The van der Waals surface area contributed by atoms with Crippen molar-refractivity contribution in [2.24, 2.45) is 0 Å². The van der Waals surface area contributed by atoms with E-state index in [0.29, 0.717) is 5.92 Å². The molecular weight excluding hydrogens is 252 g/mol. The number of hydrogen-bond acceptors (Lipinski definition) is 3. The molecule has 1 atom stereocenters. The monoisotopic (exact) mass is 274 g/mol. The molecule has 0 amide bonds. The van der Waals surface area contributed by atoms with Crippen molar-refractivity contribution in [2.45, 2.75) is 32.7 Å². The Hall–Kier alpha value is -1.97. The largest absolute Gasteiger partial charge is 0.497 e. The maximum absolute atomic E-state index is 5.48. The molecule has 108 valence electrons. The summed E-state index contributed by atoms with van der Waals surface area (Å²) in [5, 5.41) is 0. The predicted octanol–water partition coefficient (Wildman–Crippen LogP) is 3.63. The smallest absolute Gasteiger partial charge is 0.124 e. The van der Waals surface area contributed by atoms with E-state index in [9.17, 15) is 0 Å². The molecule has 0 spiro atoms. The Balaban J connectivity index is 2.46. The van der Waals surface area contributed by atoms with Crippen molar-refractivity contribution in [3.05, 3.63) is 42.0 Å². The number of nitrogens with zero attached hydrogens (tertiary/aromatic N) is 2. The lowest BCUT2D eigenvalue weighted by molar-refractivity contribution is 0.392. The molecule has 0 radical (unpaired) electrons. The Bertz CT molecular complexity index is 576. The van der Waals surface area contributed by atoms with Crippen LogP contribution in [0.4, 0.5) is 0 Å². The summed E-state index contributed by atoms with van der Waals surface area (Å²) in [7, 11) is 3.36. The lowest BCUT2D eigenvalue weighted by Gasteiger charge is -2.21. The lowest BCUT2D eigenvalue weighted by Crippen LogP contribution is -2.12. The van der Waals surface area contributed by atoms with Gasteiger partial charge in [-0.3, -0.25) is 0 Å². The highest BCUT2D eigenvalue weighted by molar-refractivity contribution is 5.42. The van der Waals surface area contributed by atoms with E-state index in [2.05, 4.69) is 30.3 Å². The second-order valence-corrected chi connectivity index (χ2v) is 5.13. The molecule has 0 saturated carbocycles. The van der Waals surface area contributed by atoms with Gasteiger partial charge < -0.3 is 14.0 Å². The van der Waals surface area contributed by atoms with Crippen molar-refractivity contribution in [3.8, 4) is 11.5 Å². The van der Waals surface area contributed by atoms with Gasteiger partial charge >= 0.3 is 0 Å². The molecule has 20 heavy (non-hydrogen) atoms. The van der Waals surface area contributed by atoms with Gasteiger partial charge in [-0.2, -0.15) is 0 Å². The fourth-order valence-electron chi connectivity index (χ4n) is 2.42. The molecule has 0 bridgehead atoms. The normalized spacial score (nSPS) is 12.5. The lowest BCUT2D eigenvalue weighted by atomic mass is 10.1. The van der Waals surface area contributed by atoms with Crippen LogP contribution in [0.1, 0.15) is 44.1 Å². The summed E-state index contributed by atoms with van der Waals surface area (Å²) >= 11 is 0. The van der Waals surface area contributed by atoms with E-state index in [1.807, 2.05) is 30.6 Å². The zero-order valence-corrected chi connectivity index (χ0v) is 12.8. The van der Waals surface area contributed by atoms with E-state index < -0.39 is 0 Å². The van der Waals surface area contributed by atoms with Gasteiger partial charge in [-0.15, -0.1) is 0 Å². The van der Waals surface area contributed by atoms with E-state index in [0.717, 1.165) is 22.9 Å². The highest BCUT2D eigenvalue weighted by atomic mass is 16.5. The summed E-state index contributed by atoms with van der Waals surface area (Å²) in [6.45, 7) is 6.44. The Morgan fingerprint density at radius 2 is 1.85 bits per heavy atom. The number of benzene rings is 1. The second kappa shape index (κ2) is 5.99. The van der Waals surface area contributed by atoms with Gasteiger partial charge in [0.15, 0.2) is 0 Å². The van der Waals surface area contributed by atoms with Crippen LogP contribution in [-0.2, 0) is 0 Å². The van der Waals surface area contributed by atoms with Gasteiger partial charge in [-0.05, 0) is 25.1 Å². The Morgan fingerprint density at radius 3 is 2.45 bits per heavy atom. The van der Waals surface area contributed by atoms with Gasteiger partial charge in [0.1, 0.15) is 17.3 Å². The molecule has 1 aromatic carbocycles. The molecular formula is C16H22N2O2. The number of hydrogen-bond donors (Lipinski definition) is 0. The van der Waals surface area contributed by atoms with Gasteiger partial charge in [-0.1, -0.05) is 13.8 Å². The molecule has 1 heterocycles. The van der Waals surface area contributed by atoms with Crippen molar-refractivity contribution < 1.29 is 9.47 Å². The van der Waals surface area contributed by atoms with Gasteiger partial charge in [0.2, 0.25) is 0 Å². The average Bonchev–Trinajstić information content (AvgIpc) is 2.95. The highest BCUT2D eigenvalue weighted by Crippen LogP contribution is 2.32. The van der Waals surface area contributed by atoms with Crippen LogP contribution in [0.2, 0.25) is 0 Å². The fourth-order valence-corrected chi connectivity index (χ4v) is 2.42. The maximum atomic E-state index is 5.48. The first-order valence-electron chi connectivity index (χ1n) is 6.83. The van der Waals surface area contributed by atoms with Gasteiger partial charge in [0.25, 0.3) is 0 Å². The molecule has 0 N–H and O–H groups in total. The number of rotatable bonds is 5. The second-order valence-electron chi connectivity index (χ2n) is 5.13. The molecule has 0 aliphatic rings. The van der Waals surface area contributed by atoms with Crippen molar-refractivity contribution in [1.29, 1.82) is 0 Å².